The first kappa shape index (κ1) is 36.7. The summed E-state index contributed by atoms with van der Waals surface area (Å²) >= 11 is 0. The molecule has 1 aromatic heterocycles. The lowest BCUT2D eigenvalue weighted by molar-refractivity contribution is -0.151. The maximum absolute atomic E-state index is 12.2. The van der Waals surface area contributed by atoms with E-state index in [0.29, 0.717) is 48.3 Å². The van der Waals surface area contributed by atoms with E-state index in [0.717, 1.165) is 44.9 Å². The van der Waals surface area contributed by atoms with Crippen LogP contribution in [-0.4, -0.2) is 29.1 Å². The molecule has 1 heterocycles. The highest BCUT2D eigenvalue weighted by atomic mass is 16.5. The van der Waals surface area contributed by atoms with Crippen molar-refractivity contribution in [3.8, 4) is 0 Å². The van der Waals surface area contributed by atoms with E-state index in [4.69, 9.17) is 14.5 Å². The van der Waals surface area contributed by atoms with Crippen LogP contribution in [0.15, 0.2) is 65.0 Å². The quantitative estimate of drug-likeness (QED) is 0.215. The van der Waals surface area contributed by atoms with Gasteiger partial charge in [-0.1, -0.05) is 77.0 Å². The highest BCUT2D eigenvalue weighted by Crippen LogP contribution is 2.72. The molecule has 5 heteroatoms. The molecule has 5 nitrogen and oxygen atoms in total. The molecule has 54 heavy (non-hydrogen) atoms. The van der Waals surface area contributed by atoms with Gasteiger partial charge in [-0.15, -0.1) is 0 Å². The molecule has 0 aliphatic heterocycles. The Balaban J connectivity index is 0.00000240. The third kappa shape index (κ3) is 5.46. The van der Waals surface area contributed by atoms with Crippen molar-refractivity contribution in [2.75, 3.05) is 0 Å². The second-order valence-electron chi connectivity index (χ2n) is 20.0. The van der Waals surface area contributed by atoms with Crippen LogP contribution in [0, 0.1) is 57.2 Å². The number of hydrogen-bond donors (Lipinski definition) is 0. The van der Waals surface area contributed by atoms with Crippen molar-refractivity contribution < 1.29 is 21.9 Å². The van der Waals surface area contributed by atoms with Gasteiger partial charge in [0.15, 0.2) is 0 Å². The van der Waals surface area contributed by atoms with E-state index < -0.39 is 0 Å². The van der Waals surface area contributed by atoms with Crippen LogP contribution in [0.4, 0.5) is 0 Å². The van der Waals surface area contributed by atoms with Crippen LogP contribution in [-0.2, 0) is 19.1 Å². The fraction of sp³-hybridized carbons (Fsp3) is 0.694. The molecule has 12 atom stereocenters. The van der Waals surface area contributed by atoms with Crippen molar-refractivity contribution in [1.82, 2.24) is 4.98 Å². The fourth-order valence-electron chi connectivity index (χ4n) is 15.0. The summed E-state index contributed by atoms with van der Waals surface area (Å²) in [6.07, 6.45) is 29.0. The zero-order valence-electron chi connectivity index (χ0n) is 34.1. The monoisotopic (exact) mass is 736 g/mol. The third-order valence-corrected chi connectivity index (χ3v) is 17.8. The number of ether oxygens (including phenoxy) is 2. The number of rotatable bonds is 6. The van der Waals surface area contributed by atoms with Gasteiger partial charge in [-0.25, -0.2) is 0 Å². The van der Waals surface area contributed by atoms with E-state index >= 15 is 0 Å². The maximum Gasteiger partial charge on any atom is 0.305 e. The Kier molecular flexibility index (Phi) is 9.05. The molecule has 294 valence electrons. The van der Waals surface area contributed by atoms with Crippen LogP contribution < -0.4 is 0 Å². The van der Waals surface area contributed by atoms with Crippen LogP contribution in [0.2, 0.25) is 0 Å². The molecule has 0 bridgehead atoms. The summed E-state index contributed by atoms with van der Waals surface area (Å²) in [4.78, 5) is 29.1. The second-order valence-corrected chi connectivity index (χ2v) is 20.0. The van der Waals surface area contributed by atoms with Crippen molar-refractivity contribution >= 4 is 17.5 Å². The fourth-order valence-corrected chi connectivity index (χ4v) is 15.0. The summed E-state index contributed by atoms with van der Waals surface area (Å²) < 4.78 is 11.8. The maximum atomic E-state index is 12.2. The van der Waals surface area contributed by atoms with Gasteiger partial charge in [0.1, 0.15) is 12.2 Å². The lowest BCUT2D eigenvalue weighted by atomic mass is 9.47. The number of allylic oxidation sites excluding steroid dienone is 6. The van der Waals surface area contributed by atoms with Crippen LogP contribution in [0.1, 0.15) is 153 Å². The molecule has 2 unspecified atom stereocenters. The van der Waals surface area contributed by atoms with Crippen LogP contribution in [0.3, 0.4) is 0 Å². The highest BCUT2D eigenvalue weighted by Gasteiger charge is 2.62. The first-order chi connectivity index (χ1) is 25.9. The highest BCUT2D eigenvalue weighted by molar-refractivity contribution is 5.80. The second kappa shape index (κ2) is 13.3. The van der Waals surface area contributed by atoms with E-state index in [1.165, 1.54) is 50.5 Å². The summed E-state index contributed by atoms with van der Waals surface area (Å²) in [6, 6.07) is 4.52. The number of nitrogens with zero attached hydrogens (tertiary/aromatic N) is 1. The Morgan fingerprint density at radius 1 is 0.685 bits per heavy atom. The Bertz CT molecular complexity index is 1830. The molecule has 0 N–H and O–H groups in total. The zero-order chi connectivity index (χ0) is 37.6. The van der Waals surface area contributed by atoms with Gasteiger partial charge in [0.25, 0.3) is 0 Å². The summed E-state index contributed by atoms with van der Waals surface area (Å²) in [5, 5.41) is 0. The van der Waals surface area contributed by atoms with E-state index in [1.807, 2.05) is 20.0 Å². The molecule has 1 aromatic rings. The predicted octanol–water partition coefficient (Wildman–Crippen LogP) is 12.0. The van der Waals surface area contributed by atoms with Crippen molar-refractivity contribution in [3.63, 3.8) is 0 Å². The first-order valence-corrected chi connectivity index (χ1v) is 22.1. The Morgan fingerprint density at radius 2 is 1.24 bits per heavy atom. The number of pyridine rings is 1. The van der Waals surface area contributed by atoms with Crippen molar-refractivity contribution in [2.45, 2.75) is 156 Å². The van der Waals surface area contributed by atoms with Gasteiger partial charge in [0, 0.05) is 40.9 Å². The van der Waals surface area contributed by atoms with Gasteiger partial charge in [-0.2, -0.15) is 0 Å². The molecule has 4 fully saturated rings. The van der Waals surface area contributed by atoms with Gasteiger partial charge in [0.2, 0.25) is 0 Å². The summed E-state index contributed by atoms with van der Waals surface area (Å²) in [5.74, 6) is 3.99. The molecule has 0 saturated heterocycles. The Labute approximate surface area is 327 Å². The number of fused-ring (bicyclic) bond motifs is 10. The SMILES string of the molecule is CCC(=O)O[C@@H]1CC[C@]2(C)C(=CC[C@@H]3C4CC=C(C5=C(c6cccnc6)[C@@]6(C)CC[C@H]7[C@@H](CC=C8C[C@@H](OC(=O)CC)CC[C@@]87C)[C@@H]6C5)[C@]4(C)CCC32)C1.[HH].[HH]. The molecule has 4 saturated carbocycles. The van der Waals surface area contributed by atoms with Crippen LogP contribution >= 0.6 is 0 Å². The smallest absolute Gasteiger partial charge is 0.305 e. The van der Waals surface area contributed by atoms with Gasteiger partial charge in [0.05, 0.1) is 0 Å². The van der Waals surface area contributed by atoms with Crippen LogP contribution in [0.25, 0.3) is 5.57 Å². The number of carbonyl (C=O) groups is 2. The molecule has 8 aliphatic rings. The van der Waals surface area contributed by atoms with Gasteiger partial charge >= 0.3 is 11.9 Å². The molecule has 0 radical (unpaired) electrons. The van der Waals surface area contributed by atoms with Gasteiger partial charge in [-0.05, 0) is 163 Å². The standard InChI is InChI=1S/C49H65NO4.2H2/c1-7-43(51)53-33-17-21-46(3)31(26-33)11-13-35-38-15-16-39(48(38,5)23-19-40(35)46)37-28-42-36-14-12-32-27-34(54-44(52)8-2)18-22-47(32,4)41(36)20-24-49(42,6)45(37)30-10-9-25-50-29-30;;/h9-12,16,25,29,33-36,38,40-42H,7-8,13-15,17-24,26-28H2,1-6H3;2*1H/t33-,34+,35-,36-,38?,40?,41+,42+,46-,47+,48-,49+;;/m1../s1. The first-order valence-electron chi connectivity index (χ1n) is 22.1. The average Bonchev–Trinajstić information content (AvgIpc) is 3.68. The minimum atomic E-state index is -0.0536. The number of carbonyl (C=O) groups excluding carboxylic acids is 2. The van der Waals surface area contributed by atoms with Gasteiger partial charge in [-0.3, -0.25) is 14.6 Å². The molecule has 0 spiro atoms. The summed E-state index contributed by atoms with van der Waals surface area (Å²) in [6.45, 7) is 14.2. The zero-order valence-corrected chi connectivity index (χ0v) is 34.1. The van der Waals surface area contributed by atoms with Crippen molar-refractivity contribution in [2.24, 2.45) is 57.2 Å². The Hall–Kier alpha value is -2.95. The molecule has 0 amide bonds. The minimum absolute atomic E-state index is 0. The molecular weight excluding hydrogens is 667 g/mol. The van der Waals surface area contributed by atoms with E-state index in [2.05, 4.69) is 64.3 Å². The molecule has 0 aromatic carbocycles. The van der Waals surface area contributed by atoms with E-state index in [-0.39, 0.29) is 48.7 Å². The van der Waals surface area contributed by atoms with Crippen LogP contribution in [0.5, 0.6) is 0 Å². The van der Waals surface area contributed by atoms with Crippen molar-refractivity contribution in [3.05, 3.63) is 70.6 Å². The molecule has 8 aliphatic carbocycles. The lowest BCUT2D eigenvalue weighted by Gasteiger charge is -2.58. The van der Waals surface area contributed by atoms with Crippen molar-refractivity contribution in [1.29, 1.82) is 0 Å². The topological polar surface area (TPSA) is 65.5 Å². The van der Waals surface area contributed by atoms with E-state index in [9.17, 15) is 9.59 Å². The predicted molar refractivity (Wildman–Crippen MR) is 218 cm³/mol. The lowest BCUT2D eigenvalue weighted by Crippen LogP contribution is -2.50. The summed E-state index contributed by atoms with van der Waals surface area (Å²) in [7, 11) is 0. The third-order valence-electron chi connectivity index (χ3n) is 17.8. The largest absolute Gasteiger partial charge is 0.462 e. The number of hydrogen-bond acceptors (Lipinski definition) is 5. The number of aromatic nitrogens is 1. The molecular formula is C49H69NO4. The van der Waals surface area contributed by atoms with E-state index in [1.54, 1.807) is 27.9 Å². The Morgan fingerprint density at radius 3 is 1.80 bits per heavy atom. The van der Waals surface area contributed by atoms with Gasteiger partial charge < -0.3 is 9.47 Å². The minimum Gasteiger partial charge on any atom is -0.462 e. The average molecular weight is 736 g/mol. The number of esters is 2. The summed E-state index contributed by atoms with van der Waals surface area (Å²) in [5.41, 5.74) is 10.3. The normalized spacial score (nSPS) is 43.6. The molecule has 9 rings (SSSR count).